The quantitative estimate of drug-likeness (QED) is 0.694. The number of furan rings is 1. The van der Waals surface area contributed by atoms with E-state index in [0.29, 0.717) is 15.7 Å². The second-order valence-corrected chi connectivity index (χ2v) is 8.92. The van der Waals surface area contributed by atoms with Gasteiger partial charge in [-0.3, -0.25) is 10.1 Å². The Labute approximate surface area is 162 Å². The second kappa shape index (κ2) is 7.08. The highest BCUT2D eigenvalue weighted by Gasteiger charge is 2.34. The van der Waals surface area contributed by atoms with E-state index in [2.05, 4.69) is 10.3 Å². The van der Waals surface area contributed by atoms with Gasteiger partial charge in [0, 0.05) is 17.8 Å². The summed E-state index contributed by atoms with van der Waals surface area (Å²) in [4.78, 5) is 16.0. The zero-order valence-electron chi connectivity index (χ0n) is 14.2. The summed E-state index contributed by atoms with van der Waals surface area (Å²) in [6.45, 7) is -0.0574. The maximum atomic E-state index is 14.0. The summed E-state index contributed by atoms with van der Waals surface area (Å²) in [5.74, 6) is -2.63. The lowest BCUT2D eigenvalue weighted by Gasteiger charge is -2.25. The molecule has 1 aliphatic heterocycles. The number of nitrogens with one attached hydrogen (secondary N) is 1. The van der Waals surface area contributed by atoms with Gasteiger partial charge in [0.2, 0.25) is 10.0 Å². The van der Waals surface area contributed by atoms with Crippen LogP contribution in [-0.4, -0.2) is 30.2 Å². The Hall–Kier alpha value is -2.63. The summed E-state index contributed by atoms with van der Waals surface area (Å²) in [5, 5.41) is 2.89. The molecule has 0 bridgehead atoms. The van der Waals surface area contributed by atoms with Crippen molar-refractivity contribution in [2.75, 3.05) is 11.9 Å². The van der Waals surface area contributed by atoms with Gasteiger partial charge in [0.25, 0.3) is 5.91 Å². The Morgan fingerprint density at radius 1 is 1.21 bits per heavy atom. The van der Waals surface area contributed by atoms with Crippen LogP contribution in [0.5, 0.6) is 0 Å². The van der Waals surface area contributed by atoms with E-state index in [9.17, 15) is 22.0 Å². The lowest BCUT2D eigenvalue weighted by Crippen LogP contribution is -2.36. The molecule has 0 aliphatic carbocycles. The number of amides is 1. The number of rotatable bonds is 4. The van der Waals surface area contributed by atoms with Crippen molar-refractivity contribution in [3.63, 3.8) is 0 Å². The van der Waals surface area contributed by atoms with Gasteiger partial charge in [0.1, 0.15) is 11.6 Å². The Bertz CT molecular complexity index is 1120. The molecule has 0 atom stereocenters. The third-order valence-electron chi connectivity index (χ3n) is 4.18. The van der Waals surface area contributed by atoms with E-state index in [1.165, 1.54) is 12.3 Å². The van der Waals surface area contributed by atoms with Gasteiger partial charge in [-0.15, -0.1) is 11.3 Å². The molecule has 1 amide bonds. The van der Waals surface area contributed by atoms with Crippen molar-refractivity contribution < 1.29 is 26.4 Å². The number of fused-ring (bicyclic) bond motifs is 1. The number of carbonyl (C=O) groups excluding carboxylic acids is 1. The number of carbonyl (C=O) groups is 1. The van der Waals surface area contributed by atoms with Crippen LogP contribution >= 0.6 is 11.3 Å². The lowest BCUT2D eigenvalue weighted by molar-refractivity contribution is 0.0996. The fourth-order valence-electron chi connectivity index (χ4n) is 2.86. The van der Waals surface area contributed by atoms with E-state index in [1.807, 2.05) is 0 Å². The minimum absolute atomic E-state index is 0.0262. The van der Waals surface area contributed by atoms with Gasteiger partial charge < -0.3 is 4.42 Å². The van der Waals surface area contributed by atoms with Crippen molar-refractivity contribution in [1.29, 1.82) is 0 Å². The summed E-state index contributed by atoms with van der Waals surface area (Å²) in [6, 6.07) is 5.99. The number of anilines is 1. The largest absolute Gasteiger partial charge is 0.459 e. The van der Waals surface area contributed by atoms with E-state index in [1.54, 1.807) is 6.07 Å². The first kappa shape index (κ1) is 18.7. The standard InChI is InChI=1S/C17H13F2N3O4S2/c18-10-3-1-4-11(19)15(10)28(24,25)22-7-6-12-14(9-22)27-17(20-12)21-16(23)13-5-2-8-26-13/h1-5,8H,6-7,9H2,(H,20,21,23). The molecule has 7 nitrogen and oxygen atoms in total. The van der Waals surface area contributed by atoms with Gasteiger partial charge >= 0.3 is 0 Å². The average molecular weight is 425 g/mol. The number of hydrogen-bond acceptors (Lipinski definition) is 6. The van der Waals surface area contributed by atoms with Crippen LogP contribution in [0.2, 0.25) is 0 Å². The molecule has 3 heterocycles. The Balaban J connectivity index is 1.57. The van der Waals surface area contributed by atoms with Crippen molar-refractivity contribution in [2.24, 2.45) is 0 Å². The van der Waals surface area contributed by atoms with E-state index in [0.717, 1.165) is 33.8 Å². The van der Waals surface area contributed by atoms with Crippen molar-refractivity contribution in [3.8, 4) is 0 Å². The lowest BCUT2D eigenvalue weighted by atomic mass is 10.2. The first-order chi connectivity index (χ1) is 13.4. The number of nitrogens with zero attached hydrogens (tertiary/aromatic N) is 2. The maximum Gasteiger partial charge on any atom is 0.293 e. The number of halogens is 2. The van der Waals surface area contributed by atoms with Crippen LogP contribution in [0.25, 0.3) is 0 Å². The van der Waals surface area contributed by atoms with E-state index in [4.69, 9.17) is 4.42 Å². The van der Waals surface area contributed by atoms with Gasteiger partial charge in [-0.2, -0.15) is 4.31 Å². The van der Waals surface area contributed by atoms with Gasteiger partial charge in [0.15, 0.2) is 15.8 Å². The van der Waals surface area contributed by atoms with Crippen molar-refractivity contribution in [3.05, 3.63) is 64.6 Å². The number of benzene rings is 1. The van der Waals surface area contributed by atoms with Gasteiger partial charge in [-0.1, -0.05) is 6.07 Å². The summed E-state index contributed by atoms with van der Waals surface area (Å²) in [5.41, 5.74) is 0.639. The van der Waals surface area contributed by atoms with Crippen molar-refractivity contribution >= 4 is 32.4 Å². The first-order valence-corrected chi connectivity index (χ1v) is 10.4. The number of thiazole rings is 1. The first-order valence-electron chi connectivity index (χ1n) is 8.14. The van der Waals surface area contributed by atoms with Gasteiger partial charge in [-0.25, -0.2) is 22.2 Å². The molecule has 28 heavy (non-hydrogen) atoms. The molecule has 0 spiro atoms. The molecule has 0 unspecified atom stereocenters. The smallest absolute Gasteiger partial charge is 0.293 e. The molecule has 1 aromatic carbocycles. The molecule has 3 aromatic rings. The fraction of sp³-hybridized carbons (Fsp3) is 0.176. The average Bonchev–Trinajstić information content (AvgIpc) is 3.30. The summed E-state index contributed by atoms with van der Waals surface area (Å²) in [6.07, 6.45) is 1.63. The molecule has 1 aliphatic rings. The molecule has 4 rings (SSSR count). The van der Waals surface area contributed by atoms with Gasteiger partial charge in [-0.05, 0) is 24.3 Å². The molecular weight excluding hydrogens is 412 g/mol. The Morgan fingerprint density at radius 2 is 1.96 bits per heavy atom. The summed E-state index contributed by atoms with van der Waals surface area (Å²) in [7, 11) is -4.36. The topological polar surface area (TPSA) is 92.5 Å². The summed E-state index contributed by atoms with van der Waals surface area (Å²) < 4.78 is 59.4. The van der Waals surface area contributed by atoms with Crippen LogP contribution < -0.4 is 5.32 Å². The number of aromatic nitrogens is 1. The highest BCUT2D eigenvalue weighted by molar-refractivity contribution is 7.89. The molecule has 11 heteroatoms. The van der Waals surface area contributed by atoms with Crippen molar-refractivity contribution in [1.82, 2.24) is 9.29 Å². The van der Waals surface area contributed by atoms with Crippen LogP contribution in [0.15, 0.2) is 45.9 Å². The fourth-order valence-corrected chi connectivity index (χ4v) is 5.47. The highest BCUT2D eigenvalue weighted by atomic mass is 32.2. The number of sulfonamides is 1. The molecule has 0 saturated carbocycles. The molecular formula is C17H13F2N3O4S2. The summed E-state index contributed by atoms with van der Waals surface area (Å²) >= 11 is 1.11. The third kappa shape index (κ3) is 3.32. The van der Waals surface area contributed by atoms with E-state index in [-0.39, 0.29) is 25.3 Å². The molecule has 0 saturated heterocycles. The SMILES string of the molecule is O=C(Nc1nc2c(s1)CN(S(=O)(=O)c1c(F)cccc1F)CC2)c1ccco1. The predicted octanol–water partition coefficient (Wildman–Crippen LogP) is 3.01. The zero-order chi connectivity index (χ0) is 19.9. The zero-order valence-corrected chi connectivity index (χ0v) is 15.8. The molecule has 0 radical (unpaired) electrons. The second-order valence-electron chi connectivity index (χ2n) is 5.96. The van der Waals surface area contributed by atoms with Crippen LogP contribution in [0, 0.1) is 11.6 Å². The molecule has 1 N–H and O–H groups in total. The minimum Gasteiger partial charge on any atom is -0.459 e. The van der Waals surface area contributed by atoms with Crippen LogP contribution in [-0.2, 0) is 23.0 Å². The molecule has 0 fully saturated rings. The van der Waals surface area contributed by atoms with E-state index < -0.39 is 32.5 Å². The highest BCUT2D eigenvalue weighted by Crippen LogP contribution is 2.32. The minimum atomic E-state index is -4.36. The van der Waals surface area contributed by atoms with Crippen LogP contribution in [0.1, 0.15) is 21.1 Å². The van der Waals surface area contributed by atoms with Crippen LogP contribution in [0.4, 0.5) is 13.9 Å². The Kier molecular flexibility index (Phi) is 4.73. The van der Waals surface area contributed by atoms with E-state index >= 15 is 0 Å². The van der Waals surface area contributed by atoms with Gasteiger partial charge in [0.05, 0.1) is 18.5 Å². The molecule has 146 valence electrons. The van der Waals surface area contributed by atoms with Crippen LogP contribution in [0.3, 0.4) is 0 Å². The Morgan fingerprint density at radius 3 is 2.64 bits per heavy atom. The van der Waals surface area contributed by atoms with Crippen molar-refractivity contribution in [2.45, 2.75) is 17.9 Å². The monoisotopic (exact) mass is 425 g/mol. The predicted molar refractivity (Wildman–Crippen MR) is 96.4 cm³/mol. The third-order valence-corrected chi connectivity index (χ3v) is 7.07. The molecule has 2 aromatic heterocycles. The normalized spacial score (nSPS) is 14.6. The number of hydrogen-bond donors (Lipinski definition) is 1. The maximum absolute atomic E-state index is 14.0.